The van der Waals surface area contributed by atoms with Crippen molar-refractivity contribution in [2.75, 3.05) is 6.54 Å². The number of hydrogen-bond acceptors (Lipinski definition) is 4. The summed E-state index contributed by atoms with van der Waals surface area (Å²) < 4.78 is 5.92. The van der Waals surface area contributed by atoms with Gasteiger partial charge < -0.3 is 15.2 Å². The molecule has 0 rings (SSSR count). The predicted molar refractivity (Wildman–Crippen MR) is 222 cm³/mol. The fraction of sp³-hybridized carbons (Fsp3) is 0.804. The van der Waals surface area contributed by atoms with Crippen LogP contribution in [-0.2, 0) is 19.1 Å². The highest BCUT2D eigenvalue weighted by atomic mass is 16.5. The number of carboxylic acid groups (broad SMARTS) is 1. The number of esters is 1. The molecule has 1 amide bonds. The van der Waals surface area contributed by atoms with Crippen LogP contribution < -0.4 is 5.32 Å². The summed E-state index contributed by atoms with van der Waals surface area (Å²) in [6, 6.07) is 0. The summed E-state index contributed by atoms with van der Waals surface area (Å²) in [5.41, 5.74) is 0. The summed E-state index contributed by atoms with van der Waals surface area (Å²) in [5, 5.41) is 11.1. The van der Waals surface area contributed by atoms with Crippen LogP contribution in [0.5, 0.6) is 0 Å². The Labute approximate surface area is 321 Å². The molecule has 2 N–H and O–H groups in total. The van der Waals surface area contributed by atoms with Gasteiger partial charge in [-0.25, -0.2) is 0 Å². The van der Waals surface area contributed by atoms with Crippen molar-refractivity contribution in [3.63, 3.8) is 0 Å². The van der Waals surface area contributed by atoms with E-state index in [2.05, 4.69) is 55.6 Å². The molecule has 6 heteroatoms. The molecule has 0 fully saturated rings. The maximum atomic E-state index is 12.7. The SMILES string of the molecule is CCCCC/C=C\C/C=C\C(CCCCCCCCC(=O)NCC(=O)O)OC(=O)CCCCCCCCCCC/C=C\CCCCCCCCCC. The van der Waals surface area contributed by atoms with E-state index in [0.29, 0.717) is 12.8 Å². The van der Waals surface area contributed by atoms with Gasteiger partial charge in [-0.2, -0.15) is 0 Å². The fourth-order valence-electron chi connectivity index (χ4n) is 6.46. The Morgan fingerprint density at radius 1 is 0.519 bits per heavy atom. The zero-order chi connectivity index (χ0) is 38.0. The van der Waals surface area contributed by atoms with E-state index in [1.54, 1.807) is 0 Å². The molecule has 0 aliphatic rings. The lowest BCUT2D eigenvalue weighted by Gasteiger charge is -2.14. The third kappa shape index (κ3) is 40.4. The molecule has 302 valence electrons. The standard InChI is InChI=1S/C46H83NO5/c1-3-5-7-9-11-13-14-15-16-17-18-19-20-21-22-23-24-25-27-33-37-41-46(51)52-43(38-34-30-26-12-10-8-6-4-2)39-35-31-28-29-32-36-40-44(48)47-42-45(49)50/h12,17-18,26,34,38,43H,3-11,13-16,19-25,27-33,35-37,39-42H2,1-2H3,(H,47,48)(H,49,50)/b18-17-,26-12-,38-34-. The molecule has 0 aliphatic carbocycles. The van der Waals surface area contributed by atoms with E-state index in [0.717, 1.165) is 70.6 Å². The number of carbonyl (C=O) groups excluding carboxylic acids is 2. The first-order valence-corrected chi connectivity index (χ1v) is 22.1. The maximum absolute atomic E-state index is 12.7. The number of rotatable bonds is 40. The lowest BCUT2D eigenvalue weighted by Crippen LogP contribution is -2.28. The van der Waals surface area contributed by atoms with Gasteiger partial charge in [0.15, 0.2) is 0 Å². The zero-order valence-electron chi connectivity index (χ0n) is 34.2. The molecule has 0 bridgehead atoms. The van der Waals surface area contributed by atoms with Gasteiger partial charge in [-0.05, 0) is 76.7 Å². The fourth-order valence-corrected chi connectivity index (χ4v) is 6.46. The molecule has 0 aliphatic heterocycles. The van der Waals surface area contributed by atoms with E-state index in [4.69, 9.17) is 9.84 Å². The quantitative estimate of drug-likeness (QED) is 0.0372. The van der Waals surface area contributed by atoms with Gasteiger partial charge in [-0.3, -0.25) is 14.4 Å². The van der Waals surface area contributed by atoms with Crippen LogP contribution in [0.3, 0.4) is 0 Å². The van der Waals surface area contributed by atoms with Crippen molar-refractivity contribution in [3.8, 4) is 0 Å². The normalized spacial score (nSPS) is 12.3. The van der Waals surface area contributed by atoms with Gasteiger partial charge in [0.25, 0.3) is 0 Å². The summed E-state index contributed by atoms with van der Waals surface area (Å²) in [5.74, 6) is -1.29. The molecule has 52 heavy (non-hydrogen) atoms. The summed E-state index contributed by atoms with van der Waals surface area (Å²) >= 11 is 0. The highest BCUT2D eigenvalue weighted by Crippen LogP contribution is 2.16. The van der Waals surface area contributed by atoms with E-state index in [1.807, 2.05) is 0 Å². The molecule has 0 heterocycles. The first-order valence-electron chi connectivity index (χ1n) is 22.1. The van der Waals surface area contributed by atoms with Crippen LogP contribution in [0.15, 0.2) is 36.5 Å². The molecule has 1 atom stereocenters. The Morgan fingerprint density at radius 3 is 1.48 bits per heavy atom. The molecule has 1 unspecified atom stereocenters. The van der Waals surface area contributed by atoms with Gasteiger partial charge in [0.05, 0.1) is 0 Å². The molecule has 0 aromatic heterocycles. The summed E-state index contributed by atoms with van der Waals surface area (Å²) in [6.45, 7) is 4.19. The van der Waals surface area contributed by atoms with Crippen molar-refractivity contribution in [3.05, 3.63) is 36.5 Å². The minimum atomic E-state index is -1.02. The Balaban J connectivity index is 4.02. The second-order valence-corrected chi connectivity index (χ2v) is 14.9. The molecule has 0 saturated carbocycles. The van der Waals surface area contributed by atoms with Crippen LogP contribution in [0.2, 0.25) is 0 Å². The van der Waals surface area contributed by atoms with Crippen molar-refractivity contribution < 1.29 is 24.2 Å². The van der Waals surface area contributed by atoms with Crippen molar-refractivity contribution in [2.45, 2.75) is 232 Å². The van der Waals surface area contributed by atoms with Crippen LogP contribution in [-0.4, -0.2) is 35.6 Å². The van der Waals surface area contributed by atoms with Gasteiger partial charge in [0, 0.05) is 12.8 Å². The Morgan fingerprint density at radius 2 is 0.942 bits per heavy atom. The number of carbonyl (C=O) groups is 3. The number of amides is 1. The molecule has 0 saturated heterocycles. The van der Waals surface area contributed by atoms with Crippen molar-refractivity contribution in [1.82, 2.24) is 5.32 Å². The Kier molecular flexibility index (Phi) is 39.5. The molecule has 0 spiro atoms. The molecule has 0 radical (unpaired) electrons. The summed E-state index contributed by atoms with van der Waals surface area (Å²) in [4.78, 5) is 34.9. The zero-order valence-corrected chi connectivity index (χ0v) is 34.2. The molecule has 6 nitrogen and oxygen atoms in total. The van der Waals surface area contributed by atoms with E-state index in [9.17, 15) is 14.4 Å². The number of allylic oxidation sites excluding steroid dienone is 5. The van der Waals surface area contributed by atoms with Gasteiger partial charge >= 0.3 is 11.9 Å². The first-order chi connectivity index (χ1) is 25.5. The predicted octanol–water partition coefficient (Wildman–Crippen LogP) is 13.7. The van der Waals surface area contributed by atoms with Crippen molar-refractivity contribution >= 4 is 17.8 Å². The lowest BCUT2D eigenvalue weighted by atomic mass is 10.0. The third-order valence-electron chi connectivity index (χ3n) is 9.77. The number of carboxylic acids is 1. The molecule has 0 aromatic rings. The summed E-state index contributed by atoms with van der Waals surface area (Å²) in [7, 11) is 0. The van der Waals surface area contributed by atoms with Crippen LogP contribution in [0.4, 0.5) is 0 Å². The topological polar surface area (TPSA) is 92.7 Å². The average molecular weight is 730 g/mol. The largest absolute Gasteiger partial charge is 0.480 e. The average Bonchev–Trinajstić information content (AvgIpc) is 3.13. The molecular weight excluding hydrogens is 647 g/mol. The summed E-state index contributed by atoms with van der Waals surface area (Å²) in [6.07, 6.45) is 51.6. The highest BCUT2D eigenvalue weighted by Gasteiger charge is 2.11. The van der Waals surface area contributed by atoms with Gasteiger partial charge in [-0.1, -0.05) is 173 Å². The minimum Gasteiger partial charge on any atom is -0.480 e. The Hall–Kier alpha value is -2.37. The van der Waals surface area contributed by atoms with E-state index >= 15 is 0 Å². The third-order valence-corrected chi connectivity index (χ3v) is 9.77. The first kappa shape index (κ1) is 49.6. The van der Waals surface area contributed by atoms with Gasteiger partial charge in [0.2, 0.25) is 5.91 Å². The van der Waals surface area contributed by atoms with Crippen LogP contribution in [0, 0.1) is 0 Å². The molecule has 0 aromatic carbocycles. The van der Waals surface area contributed by atoms with Gasteiger partial charge in [-0.15, -0.1) is 0 Å². The maximum Gasteiger partial charge on any atom is 0.322 e. The Bertz CT molecular complexity index is 895. The number of hydrogen-bond donors (Lipinski definition) is 2. The second kappa shape index (κ2) is 41.4. The second-order valence-electron chi connectivity index (χ2n) is 14.9. The monoisotopic (exact) mass is 730 g/mol. The van der Waals surface area contributed by atoms with Crippen LogP contribution >= 0.6 is 0 Å². The number of ether oxygens (including phenoxy) is 1. The van der Waals surface area contributed by atoms with Gasteiger partial charge in [0.1, 0.15) is 12.6 Å². The van der Waals surface area contributed by atoms with E-state index < -0.39 is 5.97 Å². The number of nitrogens with one attached hydrogen (secondary N) is 1. The van der Waals surface area contributed by atoms with Crippen LogP contribution in [0.25, 0.3) is 0 Å². The highest BCUT2D eigenvalue weighted by molar-refractivity contribution is 5.80. The van der Waals surface area contributed by atoms with E-state index in [-0.39, 0.29) is 24.5 Å². The van der Waals surface area contributed by atoms with Crippen molar-refractivity contribution in [1.29, 1.82) is 0 Å². The lowest BCUT2D eigenvalue weighted by molar-refractivity contribution is -0.147. The van der Waals surface area contributed by atoms with Crippen LogP contribution in [0.1, 0.15) is 226 Å². The number of aliphatic carboxylic acids is 1. The minimum absolute atomic E-state index is 0.0715. The molecular formula is C46H83NO5. The van der Waals surface area contributed by atoms with E-state index in [1.165, 1.54) is 128 Å². The van der Waals surface area contributed by atoms with Crippen molar-refractivity contribution in [2.24, 2.45) is 0 Å². The smallest absolute Gasteiger partial charge is 0.322 e. The number of unbranched alkanes of at least 4 members (excludes halogenated alkanes) is 25.